The number of hydrogen-bond donors (Lipinski definition) is 1. The van der Waals surface area contributed by atoms with Gasteiger partial charge in [0.2, 0.25) is 5.91 Å². The number of likely N-dealkylation sites (tertiary alicyclic amines) is 1. The lowest BCUT2D eigenvalue weighted by Gasteiger charge is -2.53. The number of nitrogens with zero attached hydrogens (tertiary/aromatic N) is 1. The van der Waals surface area contributed by atoms with Crippen molar-refractivity contribution in [3.8, 4) is 5.75 Å². The molecule has 3 heterocycles. The Morgan fingerprint density at radius 2 is 2.03 bits per heavy atom. The molecule has 4 rings (SSSR count). The molecule has 1 aromatic rings. The van der Waals surface area contributed by atoms with Crippen LogP contribution in [0.4, 0.5) is 4.79 Å². The Labute approximate surface area is 201 Å². The third-order valence-electron chi connectivity index (χ3n) is 6.87. The highest BCUT2D eigenvalue weighted by atomic mass is 35.5. The second-order valence-corrected chi connectivity index (χ2v) is 11.5. The molecule has 0 saturated carbocycles. The molecule has 0 bridgehead atoms. The molecule has 182 valence electrons. The minimum absolute atomic E-state index is 0.0706. The fourth-order valence-electron chi connectivity index (χ4n) is 5.30. The SMILES string of the molecule is C[C@@H](NC(=O)OC(C)(C)C)C(=O)N1CC[C@H]2O[C@H]3c4cc(Cl)ccc4OC(C)(C)[C@@H]3C[C@H]2C1. The Bertz CT molecular complexity index is 928. The summed E-state index contributed by atoms with van der Waals surface area (Å²) >= 11 is 6.28. The molecule has 33 heavy (non-hydrogen) atoms. The number of nitrogens with one attached hydrogen (secondary N) is 1. The van der Waals surface area contributed by atoms with Gasteiger partial charge in [0.25, 0.3) is 0 Å². The molecule has 2 saturated heterocycles. The molecule has 0 unspecified atom stereocenters. The number of rotatable bonds is 2. The smallest absolute Gasteiger partial charge is 0.408 e. The number of hydrogen-bond acceptors (Lipinski definition) is 5. The van der Waals surface area contributed by atoms with Gasteiger partial charge in [-0.2, -0.15) is 0 Å². The van der Waals surface area contributed by atoms with Gasteiger partial charge in [0.15, 0.2) is 0 Å². The summed E-state index contributed by atoms with van der Waals surface area (Å²) < 4.78 is 18.3. The van der Waals surface area contributed by atoms with Crippen molar-refractivity contribution in [2.75, 3.05) is 13.1 Å². The molecular weight excluding hydrogens is 444 g/mol. The number of alkyl carbamates (subject to hydrolysis) is 1. The second-order valence-electron chi connectivity index (χ2n) is 11.0. The van der Waals surface area contributed by atoms with Gasteiger partial charge in [0.1, 0.15) is 23.0 Å². The minimum Gasteiger partial charge on any atom is -0.487 e. The maximum absolute atomic E-state index is 13.1. The summed E-state index contributed by atoms with van der Waals surface area (Å²) in [5.41, 5.74) is 0.00619. The Kier molecular flexibility index (Phi) is 6.33. The minimum atomic E-state index is -0.655. The molecule has 0 aliphatic carbocycles. The monoisotopic (exact) mass is 478 g/mol. The van der Waals surface area contributed by atoms with E-state index in [1.807, 2.05) is 23.1 Å². The van der Waals surface area contributed by atoms with Crippen LogP contribution in [-0.4, -0.2) is 53.3 Å². The van der Waals surface area contributed by atoms with Gasteiger partial charge < -0.3 is 24.4 Å². The molecule has 1 aromatic carbocycles. The predicted octanol–water partition coefficient (Wildman–Crippen LogP) is 4.72. The zero-order valence-corrected chi connectivity index (χ0v) is 21.1. The van der Waals surface area contributed by atoms with E-state index >= 15 is 0 Å². The first kappa shape index (κ1) is 24.1. The van der Waals surface area contributed by atoms with E-state index in [1.165, 1.54) is 0 Å². The van der Waals surface area contributed by atoms with Crippen molar-refractivity contribution in [2.24, 2.45) is 11.8 Å². The van der Waals surface area contributed by atoms with Crippen LogP contribution in [0.3, 0.4) is 0 Å². The molecule has 3 aliphatic heterocycles. The van der Waals surface area contributed by atoms with Crippen molar-refractivity contribution in [2.45, 2.75) is 83.8 Å². The van der Waals surface area contributed by atoms with E-state index in [0.717, 1.165) is 24.2 Å². The van der Waals surface area contributed by atoms with E-state index in [0.29, 0.717) is 18.1 Å². The van der Waals surface area contributed by atoms with Crippen LogP contribution in [0.15, 0.2) is 18.2 Å². The summed E-state index contributed by atoms with van der Waals surface area (Å²) in [6.45, 7) is 12.5. The van der Waals surface area contributed by atoms with Gasteiger partial charge in [-0.25, -0.2) is 4.79 Å². The van der Waals surface area contributed by atoms with Gasteiger partial charge in [-0.3, -0.25) is 4.79 Å². The highest BCUT2D eigenvalue weighted by Crippen LogP contribution is 2.53. The lowest BCUT2D eigenvalue weighted by atomic mass is 9.70. The van der Waals surface area contributed by atoms with Crippen molar-refractivity contribution >= 4 is 23.6 Å². The largest absolute Gasteiger partial charge is 0.487 e. The summed E-state index contributed by atoms with van der Waals surface area (Å²) in [6, 6.07) is 5.06. The number of carbonyl (C=O) groups excluding carboxylic acids is 2. The van der Waals surface area contributed by atoms with Gasteiger partial charge in [0.05, 0.1) is 12.2 Å². The van der Waals surface area contributed by atoms with Gasteiger partial charge >= 0.3 is 6.09 Å². The number of carbonyl (C=O) groups is 2. The van der Waals surface area contributed by atoms with Gasteiger partial charge in [-0.05, 0) is 72.6 Å². The van der Waals surface area contributed by atoms with Crippen LogP contribution in [0.2, 0.25) is 5.02 Å². The fraction of sp³-hybridized carbons (Fsp3) is 0.680. The molecule has 0 spiro atoms. The summed E-state index contributed by atoms with van der Waals surface area (Å²) in [5, 5.41) is 3.34. The first-order valence-electron chi connectivity index (χ1n) is 11.8. The van der Waals surface area contributed by atoms with E-state index in [4.69, 9.17) is 25.8 Å². The maximum atomic E-state index is 13.1. The van der Waals surface area contributed by atoms with Crippen LogP contribution in [-0.2, 0) is 14.3 Å². The quantitative estimate of drug-likeness (QED) is 0.665. The van der Waals surface area contributed by atoms with Gasteiger partial charge in [-0.1, -0.05) is 11.6 Å². The molecule has 5 atom stereocenters. The molecule has 0 aromatic heterocycles. The van der Waals surface area contributed by atoms with Gasteiger partial charge in [0, 0.05) is 35.5 Å². The Balaban J connectivity index is 1.44. The molecular formula is C25H35ClN2O5. The van der Waals surface area contributed by atoms with Crippen molar-refractivity contribution in [1.29, 1.82) is 0 Å². The fourth-order valence-corrected chi connectivity index (χ4v) is 5.48. The van der Waals surface area contributed by atoms with Crippen molar-refractivity contribution < 1.29 is 23.8 Å². The van der Waals surface area contributed by atoms with E-state index in [2.05, 4.69) is 19.2 Å². The normalized spacial score (nSPS) is 29.0. The van der Waals surface area contributed by atoms with Crippen LogP contribution in [0.1, 0.15) is 66.1 Å². The number of ether oxygens (including phenoxy) is 3. The van der Waals surface area contributed by atoms with Crippen molar-refractivity contribution in [3.05, 3.63) is 28.8 Å². The third-order valence-corrected chi connectivity index (χ3v) is 7.10. The first-order chi connectivity index (χ1) is 15.3. The van der Waals surface area contributed by atoms with E-state index < -0.39 is 23.3 Å². The first-order valence-corrected chi connectivity index (χ1v) is 12.1. The number of halogens is 1. The average molecular weight is 479 g/mol. The zero-order valence-electron chi connectivity index (χ0n) is 20.3. The van der Waals surface area contributed by atoms with Crippen LogP contribution in [0.5, 0.6) is 5.75 Å². The van der Waals surface area contributed by atoms with E-state index in [1.54, 1.807) is 27.7 Å². The lowest BCUT2D eigenvalue weighted by molar-refractivity contribution is -0.189. The van der Waals surface area contributed by atoms with Crippen LogP contribution in [0.25, 0.3) is 0 Å². The zero-order chi connectivity index (χ0) is 24.1. The highest BCUT2D eigenvalue weighted by Gasteiger charge is 2.51. The lowest BCUT2D eigenvalue weighted by Crippen LogP contribution is -2.58. The number of fused-ring (bicyclic) bond motifs is 4. The van der Waals surface area contributed by atoms with Crippen LogP contribution < -0.4 is 10.1 Å². The maximum Gasteiger partial charge on any atom is 0.408 e. The van der Waals surface area contributed by atoms with Crippen molar-refractivity contribution in [3.63, 3.8) is 0 Å². The average Bonchev–Trinajstić information content (AvgIpc) is 2.71. The Hall–Kier alpha value is -1.99. The van der Waals surface area contributed by atoms with Gasteiger partial charge in [-0.15, -0.1) is 0 Å². The number of piperidine rings is 1. The molecule has 2 amide bonds. The third kappa shape index (κ3) is 5.09. The topological polar surface area (TPSA) is 77.1 Å². The van der Waals surface area contributed by atoms with Crippen LogP contribution in [0, 0.1) is 11.8 Å². The molecule has 2 fully saturated rings. The molecule has 0 radical (unpaired) electrons. The Morgan fingerprint density at radius 1 is 1.30 bits per heavy atom. The van der Waals surface area contributed by atoms with Crippen molar-refractivity contribution in [1.82, 2.24) is 10.2 Å². The molecule has 3 aliphatic rings. The summed E-state index contributed by atoms with van der Waals surface area (Å²) in [4.78, 5) is 27.0. The highest BCUT2D eigenvalue weighted by molar-refractivity contribution is 6.30. The standard InChI is InChI=1S/C25H35ClN2O5/c1-14(27-23(30)33-24(2,3)4)22(29)28-10-9-19-15(13-28)11-18-21(31-19)17-12-16(26)7-8-20(17)32-25(18,5)6/h7-8,12,14-15,18-19,21H,9-11,13H2,1-6H3,(H,27,30)/t14-,15+,18-,19-,21+/m1/s1. The summed E-state index contributed by atoms with van der Waals surface area (Å²) in [6.07, 6.45) is 1.08. The summed E-state index contributed by atoms with van der Waals surface area (Å²) in [5.74, 6) is 1.09. The number of amides is 2. The van der Waals surface area contributed by atoms with E-state index in [-0.39, 0.29) is 30.0 Å². The molecule has 8 heteroatoms. The molecule has 1 N–H and O–H groups in total. The Morgan fingerprint density at radius 3 is 2.73 bits per heavy atom. The summed E-state index contributed by atoms with van der Waals surface area (Å²) in [7, 11) is 0. The second kappa shape index (κ2) is 8.66. The number of benzene rings is 1. The molecule has 7 nitrogen and oxygen atoms in total. The predicted molar refractivity (Wildman–Crippen MR) is 125 cm³/mol. The van der Waals surface area contributed by atoms with Crippen LogP contribution >= 0.6 is 11.6 Å². The van der Waals surface area contributed by atoms with E-state index in [9.17, 15) is 9.59 Å².